The third kappa shape index (κ3) is 4.48. The molecule has 32 heavy (non-hydrogen) atoms. The molecule has 3 aromatic heterocycles. The molecule has 0 unspecified atom stereocenters. The lowest BCUT2D eigenvalue weighted by Gasteiger charge is -2.16. The highest BCUT2D eigenvalue weighted by molar-refractivity contribution is 7.99. The van der Waals surface area contributed by atoms with Crippen molar-refractivity contribution in [2.45, 2.75) is 58.3 Å². The first-order valence-electron chi connectivity index (χ1n) is 11.0. The molecule has 1 saturated heterocycles. The van der Waals surface area contributed by atoms with E-state index in [4.69, 9.17) is 0 Å². The fourth-order valence-electron chi connectivity index (χ4n) is 4.11. The second-order valence-electron chi connectivity index (χ2n) is 7.99. The van der Waals surface area contributed by atoms with E-state index in [1.54, 1.807) is 11.1 Å². The molecule has 3 aromatic rings. The second-order valence-corrected chi connectivity index (χ2v) is 8.93. The van der Waals surface area contributed by atoms with E-state index < -0.39 is 0 Å². The number of carbonyl (C=O) groups excluding carboxylic acids is 2. The number of likely N-dealkylation sites (tertiary alicyclic amines) is 1. The molecule has 1 aliphatic heterocycles. The van der Waals surface area contributed by atoms with E-state index in [-0.39, 0.29) is 17.4 Å². The molecule has 0 bridgehead atoms. The standard InChI is InChI=1S/C23H28N6O2S/c1-4-11-28-16(2)13-18(17(28)3)19(30)15-32-23-26-25-21(14-27-12-7-9-22(27)31)29(23)20-8-5-6-10-24-20/h5-6,8,10,13H,4,7,9,11-12,14-15H2,1-3H3. The van der Waals surface area contributed by atoms with Crippen LogP contribution in [0.25, 0.3) is 5.82 Å². The molecule has 8 nitrogen and oxygen atoms in total. The monoisotopic (exact) mass is 452 g/mol. The summed E-state index contributed by atoms with van der Waals surface area (Å²) < 4.78 is 4.05. The first-order valence-corrected chi connectivity index (χ1v) is 11.9. The lowest BCUT2D eigenvalue weighted by atomic mass is 10.2. The van der Waals surface area contributed by atoms with Gasteiger partial charge < -0.3 is 9.47 Å². The van der Waals surface area contributed by atoms with Crippen LogP contribution in [0.15, 0.2) is 35.6 Å². The van der Waals surface area contributed by atoms with Crippen molar-refractivity contribution in [2.75, 3.05) is 12.3 Å². The number of carbonyl (C=O) groups is 2. The van der Waals surface area contributed by atoms with Crippen molar-refractivity contribution >= 4 is 23.5 Å². The zero-order valence-electron chi connectivity index (χ0n) is 18.7. The number of rotatable bonds is 9. The van der Waals surface area contributed by atoms with Gasteiger partial charge in [-0.1, -0.05) is 24.8 Å². The highest BCUT2D eigenvalue weighted by Crippen LogP contribution is 2.25. The van der Waals surface area contributed by atoms with E-state index >= 15 is 0 Å². The number of pyridine rings is 1. The molecule has 4 heterocycles. The largest absolute Gasteiger partial charge is 0.348 e. The van der Waals surface area contributed by atoms with Crippen molar-refractivity contribution in [2.24, 2.45) is 0 Å². The molecule has 4 rings (SSSR count). The predicted molar refractivity (Wildman–Crippen MR) is 123 cm³/mol. The fourth-order valence-corrected chi connectivity index (χ4v) is 4.96. The van der Waals surface area contributed by atoms with Crippen molar-refractivity contribution in [3.8, 4) is 5.82 Å². The summed E-state index contributed by atoms with van der Waals surface area (Å²) in [5.41, 5.74) is 2.87. The van der Waals surface area contributed by atoms with Gasteiger partial charge in [-0.3, -0.25) is 14.2 Å². The van der Waals surface area contributed by atoms with Crippen LogP contribution in [0.4, 0.5) is 0 Å². The van der Waals surface area contributed by atoms with E-state index in [2.05, 4.69) is 26.7 Å². The van der Waals surface area contributed by atoms with Crippen LogP contribution in [-0.4, -0.2) is 53.2 Å². The number of hydrogen-bond acceptors (Lipinski definition) is 6. The second kappa shape index (κ2) is 9.68. The summed E-state index contributed by atoms with van der Waals surface area (Å²) in [6.07, 6.45) is 4.17. The number of aryl methyl sites for hydroxylation is 1. The van der Waals surface area contributed by atoms with Crippen molar-refractivity contribution in [1.82, 2.24) is 29.2 Å². The molecule has 0 saturated carbocycles. The number of aromatic nitrogens is 5. The van der Waals surface area contributed by atoms with Gasteiger partial charge in [0.2, 0.25) is 5.91 Å². The summed E-state index contributed by atoms with van der Waals surface area (Å²) in [6, 6.07) is 7.60. The normalized spacial score (nSPS) is 13.8. The Morgan fingerprint density at radius 1 is 1.22 bits per heavy atom. The van der Waals surface area contributed by atoms with Crippen LogP contribution in [0.2, 0.25) is 0 Å². The van der Waals surface area contributed by atoms with Crippen LogP contribution in [0, 0.1) is 13.8 Å². The van der Waals surface area contributed by atoms with Gasteiger partial charge in [0.1, 0.15) is 5.82 Å². The minimum Gasteiger partial charge on any atom is -0.348 e. The molecular formula is C23H28N6O2S. The van der Waals surface area contributed by atoms with E-state index in [0.29, 0.717) is 29.8 Å². The topological polar surface area (TPSA) is 85.9 Å². The molecule has 0 spiro atoms. The minimum atomic E-state index is 0.0669. The van der Waals surface area contributed by atoms with Gasteiger partial charge in [-0.25, -0.2) is 4.98 Å². The summed E-state index contributed by atoms with van der Waals surface area (Å²) in [7, 11) is 0. The van der Waals surface area contributed by atoms with Crippen molar-refractivity contribution in [3.63, 3.8) is 0 Å². The molecule has 168 valence electrons. The minimum absolute atomic E-state index is 0.0669. The van der Waals surface area contributed by atoms with Crippen molar-refractivity contribution in [3.05, 3.63) is 53.2 Å². The van der Waals surface area contributed by atoms with Crippen LogP contribution >= 0.6 is 11.8 Å². The third-order valence-corrected chi connectivity index (χ3v) is 6.66. The number of Topliss-reactive ketones (excluding diaryl/α,β-unsaturated/α-hetero) is 1. The van der Waals surface area contributed by atoms with Crippen molar-refractivity contribution < 1.29 is 9.59 Å². The predicted octanol–water partition coefficient (Wildman–Crippen LogP) is 3.59. The third-order valence-electron chi connectivity index (χ3n) is 5.74. The van der Waals surface area contributed by atoms with Crippen LogP contribution < -0.4 is 0 Å². The number of thioether (sulfide) groups is 1. The average Bonchev–Trinajstić information content (AvgIpc) is 3.47. The fraction of sp³-hybridized carbons (Fsp3) is 0.435. The Bertz CT molecular complexity index is 1120. The number of amides is 1. The zero-order valence-corrected chi connectivity index (χ0v) is 19.6. The summed E-state index contributed by atoms with van der Waals surface area (Å²) in [4.78, 5) is 31.4. The average molecular weight is 453 g/mol. The zero-order chi connectivity index (χ0) is 22.7. The summed E-state index contributed by atoms with van der Waals surface area (Å²) in [5.74, 6) is 1.78. The van der Waals surface area contributed by atoms with E-state index in [0.717, 1.165) is 42.9 Å². The molecule has 0 aromatic carbocycles. The highest BCUT2D eigenvalue weighted by Gasteiger charge is 2.25. The van der Waals surface area contributed by atoms with Crippen LogP contribution in [0.3, 0.4) is 0 Å². The molecule has 0 aliphatic carbocycles. The van der Waals surface area contributed by atoms with E-state index in [1.807, 2.05) is 42.7 Å². The summed E-state index contributed by atoms with van der Waals surface area (Å²) in [5, 5.41) is 9.28. The van der Waals surface area contributed by atoms with Crippen LogP contribution in [0.1, 0.15) is 53.8 Å². The summed E-state index contributed by atoms with van der Waals surface area (Å²) >= 11 is 1.35. The van der Waals surface area contributed by atoms with Gasteiger partial charge in [0.05, 0.1) is 12.3 Å². The maximum absolute atomic E-state index is 13.0. The Labute approximate surface area is 192 Å². The molecule has 0 radical (unpaired) electrons. The Kier molecular flexibility index (Phi) is 6.74. The maximum atomic E-state index is 13.0. The maximum Gasteiger partial charge on any atom is 0.223 e. The molecule has 1 fully saturated rings. The first-order chi connectivity index (χ1) is 15.5. The molecule has 1 amide bonds. The number of ketones is 1. The van der Waals surface area contributed by atoms with E-state index in [1.165, 1.54) is 11.8 Å². The van der Waals surface area contributed by atoms with Crippen molar-refractivity contribution in [1.29, 1.82) is 0 Å². The molecule has 9 heteroatoms. The van der Waals surface area contributed by atoms with Gasteiger partial charge in [0.25, 0.3) is 0 Å². The lowest BCUT2D eigenvalue weighted by molar-refractivity contribution is -0.128. The molecule has 0 N–H and O–H groups in total. The molecule has 1 aliphatic rings. The Hall–Kier alpha value is -2.94. The lowest BCUT2D eigenvalue weighted by Crippen LogP contribution is -2.25. The summed E-state index contributed by atoms with van der Waals surface area (Å²) in [6.45, 7) is 8.19. The molecular weight excluding hydrogens is 424 g/mol. The Morgan fingerprint density at radius 3 is 2.75 bits per heavy atom. The van der Waals surface area contributed by atoms with Gasteiger partial charge in [-0.2, -0.15) is 0 Å². The SMILES string of the molecule is CCCn1c(C)cc(C(=O)CSc2nnc(CN3CCCC3=O)n2-c2ccccn2)c1C. The van der Waals surface area contributed by atoms with Gasteiger partial charge in [0, 0.05) is 42.7 Å². The van der Waals surface area contributed by atoms with Gasteiger partial charge >= 0.3 is 0 Å². The number of nitrogens with zero attached hydrogens (tertiary/aromatic N) is 6. The van der Waals surface area contributed by atoms with Crippen LogP contribution in [-0.2, 0) is 17.9 Å². The smallest absolute Gasteiger partial charge is 0.223 e. The van der Waals surface area contributed by atoms with Gasteiger partial charge in [-0.15, -0.1) is 10.2 Å². The van der Waals surface area contributed by atoms with Gasteiger partial charge in [-0.05, 0) is 44.9 Å². The van der Waals surface area contributed by atoms with Gasteiger partial charge in [0.15, 0.2) is 16.8 Å². The van der Waals surface area contributed by atoms with E-state index in [9.17, 15) is 9.59 Å². The van der Waals surface area contributed by atoms with Crippen LogP contribution in [0.5, 0.6) is 0 Å². The quantitative estimate of drug-likeness (QED) is 0.364. The highest BCUT2D eigenvalue weighted by atomic mass is 32.2. The first kappa shape index (κ1) is 22.3. The molecule has 0 atom stereocenters. The Morgan fingerprint density at radius 2 is 2.06 bits per heavy atom. The number of hydrogen-bond donors (Lipinski definition) is 0. The Balaban J connectivity index is 1.57.